The Morgan fingerprint density at radius 2 is 2.04 bits per heavy atom. The van der Waals surface area contributed by atoms with Gasteiger partial charge in [-0.15, -0.1) is 11.3 Å². The average Bonchev–Trinajstić information content (AvgIpc) is 3.09. The van der Waals surface area contributed by atoms with E-state index in [0.717, 1.165) is 52.3 Å². The lowest BCUT2D eigenvalue weighted by Gasteiger charge is -2.28. The van der Waals surface area contributed by atoms with Crippen LogP contribution in [0.25, 0.3) is 11.1 Å². The van der Waals surface area contributed by atoms with Gasteiger partial charge in [-0.2, -0.15) is 0 Å². The Morgan fingerprint density at radius 3 is 2.70 bits per heavy atom. The first-order valence-electron chi connectivity index (χ1n) is 9.44. The molecule has 0 aliphatic heterocycles. The van der Waals surface area contributed by atoms with Crippen LogP contribution in [0.3, 0.4) is 0 Å². The van der Waals surface area contributed by atoms with Gasteiger partial charge in [0.15, 0.2) is 0 Å². The van der Waals surface area contributed by atoms with Crippen LogP contribution in [0.15, 0.2) is 30.3 Å². The van der Waals surface area contributed by atoms with E-state index in [1.54, 1.807) is 7.11 Å². The lowest BCUT2D eigenvalue weighted by molar-refractivity contribution is 0.0932. The molecule has 3 atom stereocenters. The van der Waals surface area contributed by atoms with Crippen LogP contribution in [0.5, 0.6) is 5.75 Å². The van der Waals surface area contributed by atoms with E-state index in [-0.39, 0.29) is 17.2 Å². The number of methoxy groups -OCH3 is 1. The fraction of sp³-hybridized carbons (Fsp3) is 0.476. The molecule has 1 N–H and O–H groups in total. The van der Waals surface area contributed by atoms with Crippen LogP contribution in [0.1, 0.15) is 47.2 Å². The first-order valence-corrected chi connectivity index (χ1v) is 11.6. The van der Waals surface area contributed by atoms with Crippen LogP contribution in [-0.4, -0.2) is 34.3 Å². The largest absolute Gasteiger partial charge is 0.497 e. The number of hydrogen-bond acceptors (Lipinski definition) is 4. The molecule has 1 amide bonds. The smallest absolute Gasteiger partial charge is 0.261 e. The van der Waals surface area contributed by atoms with Crippen LogP contribution in [-0.2, 0) is 10.8 Å². The molecule has 146 valence electrons. The topological polar surface area (TPSA) is 55.4 Å². The zero-order valence-electron chi connectivity index (χ0n) is 16.1. The van der Waals surface area contributed by atoms with Crippen molar-refractivity contribution in [1.29, 1.82) is 0 Å². The first-order chi connectivity index (χ1) is 13.0. The standard InChI is InChI=1S/C21H27NO3S2/c1-4-27(24)18-7-5-6-16(12-18)22-21(23)20-13-19(14(2)26-20)15-8-10-17(25-3)11-9-15/h8-11,13,16,18H,4-7,12H2,1-3H3,(H,22,23). The summed E-state index contributed by atoms with van der Waals surface area (Å²) < 4.78 is 17.3. The first kappa shape index (κ1) is 20.1. The molecular weight excluding hydrogens is 378 g/mol. The Kier molecular flexibility index (Phi) is 6.71. The minimum Gasteiger partial charge on any atom is -0.497 e. The SMILES string of the molecule is CCS(=O)C1CCCC(NC(=O)c2cc(-c3ccc(OC)cc3)c(C)s2)C1. The van der Waals surface area contributed by atoms with Gasteiger partial charge in [0.2, 0.25) is 0 Å². The molecule has 0 saturated heterocycles. The number of carbonyl (C=O) groups is 1. The third-order valence-corrected chi connectivity index (χ3v) is 7.95. The molecule has 1 aliphatic rings. The number of amides is 1. The molecule has 6 heteroatoms. The Bertz CT molecular complexity index is 813. The van der Waals surface area contributed by atoms with Crippen LogP contribution >= 0.6 is 11.3 Å². The lowest BCUT2D eigenvalue weighted by atomic mass is 9.95. The highest BCUT2D eigenvalue weighted by molar-refractivity contribution is 7.85. The summed E-state index contributed by atoms with van der Waals surface area (Å²) in [6, 6.07) is 9.99. The Labute approximate surface area is 167 Å². The zero-order chi connectivity index (χ0) is 19.4. The molecule has 2 aromatic rings. The van der Waals surface area contributed by atoms with Gasteiger partial charge in [0.25, 0.3) is 5.91 Å². The number of ether oxygens (including phenoxy) is 1. The van der Waals surface area contributed by atoms with Gasteiger partial charge < -0.3 is 10.1 Å². The summed E-state index contributed by atoms with van der Waals surface area (Å²) in [5, 5.41) is 3.39. The summed E-state index contributed by atoms with van der Waals surface area (Å²) in [4.78, 5) is 14.6. The molecule has 0 spiro atoms. The van der Waals surface area contributed by atoms with Gasteiger partial charge in [-0.1, -0.05) is 25.5 Å². The summed E-state index contributed by atoms with van der Waals surface area (Å²) >= 11 is 1.52. The fourth-order valence-electron chi connectivity index (χ4n) is 3.66. The monoisotopic (exact) mass is 405 g/mol. The summed E-state index contributed by atoms with van der Waals surface area (Å²) in [5.41, 5.74) is 2.17. The number of carbonyl (C=O) groups excluding carboxylic acids is 1. The van der Waals surface area contributed by atoms with Crippen molar-refractivity contribution in [1.82, 2.24) is 5.32 Å². The lowest BCUT2D eigenvalue weighted by Crippen LogP contribution is -2.40. The molecule has 4 nitrogen and oxygen atoms in total. The van der Waals surface area contributed by atoms with Gasteiger partial charge in [0.05, 0.1) is 12.0 Å². The molecule has 1 fully saturated rings. The molecule has 1 aromatic carbocycles. The predicted molar refractivity (Wildman–Crippen MR) is 113 cm³/mol. The van der Waals surface area contributed by atoms with Gasteiger partial charge >= 0.3 is 0 Å². The second-order valence-corrected chi connectivity index (χ2v) is 10.2. The van der Waals surface area contributed by atoms with E-state index in [1.165, 1.54) is 11.3 Å². The molecule has 1 heterocycles. The fourth-order valence-corrected chi connectivity index (χ4v) is 5.95. The minimum absolute atomic E-state index is 0.0178. The van der Waals surface area contributed by atoms with Crippen molar-refractivity contribution < 1.29 is 13.7 Å². The summed E-state index contributed by atoms with van der Waals surface area (Å²) in [6.45, 7) is 4.01. The Balaban J connectivity index is 1.69. The average molecular weight is 406 g/mol. The number of rotatable bonds is 6. The predicted octanol–water partition coefficient (Wildman–Crippen LogP) is 4.54. The number of nitrogens with one attached hydrogen (secondary N) is 1. The molecule has 1 saturated carbocycles. The quantitative estimate of drug-likeness (QED) is 0.767. The highest BCUT2D eigenvalue weighted by atomic mass is 32.2. The zero-order valence-corrected chi connectivity index (χ0v) is 17.8. The summed E-state index contributed by atoms with van der Waals surface area (Å²) in [7, 11) is 0.872. The number of hydrogen-bond donors (Lipinski definition) is 1. The van der Waals surface area contributed by atoms with E-state index in [0.29, 0.717) is 5.75 Å². The van der Waals surface area contributed by atoms with Gasteiger partial charge in [-0.05, 0) is 55.5 Å². The molecule has 0 bridgehead atoms. The van der Waals surface area contributed by atoms with Gasteiger partial charge in [-0.25, -0.2) is 0 Å². The van der Waals surface area contributed by atoms with Gasteiger partial charge in [-0.3, -0.25) is 9.00 Å². The second-order valence-electron chi connectivity index (χ2n) is 6.94. The molecule has 3 unspecified atom stereocenters. The number of aryl methyl sites for hydroxylation is 1. The Hall–Kier alpha value is -1.66. The van der Waals surface area contributed by atoms with Crippen molar-refractivity contribution >= 4 is 28.0 Å². The van der Waals surface area contributed by atoms with Crippen molar-refractivity contribution in [3.63, 3.8) is 0 Å². The van der Waals surface area contributed by atoms with Crippen molar-refractivity contribution in [3.05, 3.63) is 40.1 Å². The molecule has 1 aromatic heterocycles. The highest BCUT2D eigenvalue weighted by Gasteiger charge is 2.27. The summed E-state index contributed by atoms with van der Waals surface area (Å²) in [5.74, 6) is 1.50. The van der Waals surface area contributed by atoms with Crippen LogP contribution in [0, 0.1) is 6.92 Å². The molecular formula is C21H27NO3S2. The highest BCUT2D eigenvalue weighted by Crippen LogP contribution is 2.32. The number of benzene rings is 1. The van der Waals surface area contributed by atoms with Gasteiger partial charge in [0.1, 0.15) is 5.75 Å². The maximum atomic E-state index is 12.8. The molecule has 3 rings (SSSR count). The van der Waals surface area contributed by atoms with Crippen molar-refractivity contribution in [2.24, 2.45) is 0 Å². The molecule has 1 aliphatic carbocycles. The van der Waals surface area contributed by atoms with E-state index in [1.807, 2.05) is 44.2 Å². The Morgan fingerprint density at radius 1 is 1.30 bits per heavy atom. The van der Waals surface area contributed by atoms with E-state index in [9.17, 15) is 9.00 Å². The third kappa shape index (κ3) is 4.79. The van der Waals surface area contributed by atoms with Crippen LogP contribution in [0.2, 0.25) is 0 Å². The molecule has 27 heavy (non-hydrogen) atoms. The van der Waals surface area contributed by atoms with Gasteiger partial charge in [0, 0.05) is 32.7 Å². The van der Waals surface area contributed by atoms with E-state index >= 15 is 0 Å². The maximum absolute atomic E-state index is 12.8. The van der Waals surface area contributed by atoms with E-state index in [4.69, 9.17) is 4.74 Å². The van der Waals surface area contributed by atoms with Crippen LogP contribution < -0.4 is 10.1 Å². The second kappa shape index (κ2) is 9.02. The van der Waals surface area contributed by atoms with E-state index < -0.39 is 10.8 Å². The molecule has 0 radical (unpaired) electrons. The number of thiophene rings is 1. The van der Waals surface area contributed by atoms with Crippen molar-refractivity contribution in [3.8, 4) is 16.9 Å². The minimum atomic E-state index is -0.780. The normalized spacial score (nSPS) is 20.9. The maximum Gasteiger partial charge on any atom is 0.261 e. The van der Waals surface area contributed by atoms with Crippen molar-refractivity contribution in [2.75, 3.05) is 12.9 Å². The van der Waals surface area contributed by atoms with Crippen LogP contribution in [0.4, 0.5) is 0 Å². The summed E-state index contributed by atoms with van der Waals surface area (Å²) in [6.07, 6.45) is 3.83. The third-order valence-electron chi connectivity index (χ3n) is 5.16. The van der Waals surface area contributed by atoms with Crippen molar-refractivity contribution in [2.45, 2.75) is 50.8 Å². The van der Waals surface area contributed by atoms with E-state index in [2.05, 4.69) is 5.32 Å².